The average molecular weight is 471 g/mol. The van der Waals surface area contributed by atoms with Gasteiger partial charge < -0.3 is 21.1 Å². The molecule has 0 aliphatic heterocycles. The second-order valence-electron chi connectivity index (χ2n) is 8.66. The Labute approximate surface area is 192 Å². The Bertz CT molecular complexity index is 926. The first-order chi connectivity index (χ1) is 15.1. The summed E-state index contributed by atoms with van der Waals surface area (Å²) in [5.74, 6) is -3.78. The van der Waals surface area contributed by atoms with E-state index in [0.717, 1.165) is 12.1 Å². The van der Waals surface area contributed by atoms with Crippen LogP contribution in [0.25, 0.3) is 0 Å². The molecule has 1 aromatic rings. The molecule has 0 spiro atoms. The first kappa shape index (κ1) is 28.2. The molecule has 0 radical (unpaired) electrons. The van der Waals surface area contributed by atoms with Crippen LogP contribution in [0.2, 0.25) is 0 Å². The number of rotatable bonds is 11. The number of carbonyl (C=O) groups is 2. The van der Waals surface area contributed by atoms with Gasteiger partial charge in [-0.25, -0.2) is 18.0 Å². The molecule has 0 saturated carbocycles. The highest BCUT2D eigenvalue weighted by molar-refractivity contribution is 5.87. The van der Waals surface area contributed by atoms with Crippen molar-refractivity contribution in [2.24, 2.45) is 5.73 Å². The van der Waals surface area contributed by atoms with Crippen molar-refractivity contribution in [3.05, 3.63) is 46.0 Å². The maximum Gasteiger partial charge on any atom is 0.331 e. The summed E-state index contributed by atoms with van der Waals surface area (Å²) < 4.78 is 40.8. The Balaban J connectivity index is 2.93. The number of amidine groups is 1. The minimum atomic E-state index is -1.87. The van der Waals surface area contributed by atoms with E-state index in [1.165, 1.54) is 25.7 Å². The van der Waals surface area contributed by atoms with E-state index < -0.39 is 29.3 Å². The maximum atomic E-state index is 13.8. The number of carboxylic acids is 1. The lowest BCUT2D eigenvalue weighted by Gasteiger charge is -2.26. The molecular formula is C23H33F3N4O3. The van der Waals surface area contributed by atoms with Gasteiger partial charge in [-0.2, -0.15) is 0 Å². The van der Waals surface area contributed by atoms with Crippen molar-refractivity contribution in [3.63, 3.8) is 0 Å². The highest BCUT2D eigenvalue weighted by Crippen LogP contribution is 2.17. The van der Waals surface area contributed by atoms with E-state index in [1.807, 2.05) is 0 Å². The van der Waals surface area contributed by atoms with Gasteiger partial charge in [0.25, 0.3) is 0 Å². The van der Waals surface area contributed by atoms with Crippen molar-refractivity contribution >= 4 is 17.7 Å². The van der Waals surface area contributed by atoms with Gasteiger partial charge in [0, 0.05) is 37.7 Å². The fraction of sp³-hybridized carbons (Fsp3) is 0.522. The lowest BCUT2D eigenvalue weighted by molar-refractivity contribution is -0.133. The summed E-state index contributed by atoms with van der Waals surface area (Å²) in [6.45, 7) is 7.27. The summed E-state index contributed by atoms with van der Waals surface area (Å²) in [6.07, 6.45) is 0.0222. The van der Waals surface area contributed by atoms with E-state index in [-0.39, 0.29) is 49.8 Å². The third kappa shape index (κ3) is 8.88. The first-order valence-electron chi connectivity index (χ1n) is 10.5. The quantitative estimate of drug-likeness (QED) is 0.225. The molecule has 0 fully saturated rings. The standard InChI is InChI=1S/C23H33F3N4O3/c1-13-8-18(24)19(25)10-16(13)9-17(27)11-20(31)30(12-14(2)15(3)21(32)33)7-6-29-22(28)23(4,5)26/h8,10,17H,6-7,9,11-12,27H2,1-5H3,(H2,28,29)(H,32,33)/b15-14-/t17-/m1/s1. The summed E-state index contributed by atoms with van der Waals surface area (Å²) in [4.78, 5) is 25.6. The normalized spacial score (nSPS) is 13.2. The van der Waals surface area contributed by atoms with Crippen LogP contribution in [-0.4, -0.2) is 59.1 Å². The molecule has 0 heterocycles. The Hall–Kier alpha value is -2.88. The number of aryl methyl sites for hydroxylation is 1. The summed E-state index contributed by atoms with van der Waals surface area (Å²) in [7, 11) is 0. The fourth-order valence-electron chi connectivity index (χ4n) is 3.02. The number of amides is 1. The number of benzene rings is 1. The number of nitrogens with one attached hydrogen (secondary N) is 2. The van der Waals surface area contributed by atoms with Gasteiger partial charge in [0.2, 0.25) is 5.91 Å². The van der Waals surface area contributed by atoms with Crippen molar-refractivity contribution < 1.29 is 27.9 Å². The monoisotopic (exact) mass is 470 g/mol. The number of alkyl halides is 1. The Kier molecular flexibility index (Phi) is 10.1. The van der Waals surface area contributed by atoms with Crippen molar-refractivity contribution in [2.75, 3.05) is 19.6 Å². The lowest BCUT2D eigenvalue weighted by atomic mass is 9.99. The van der Waals surface area contributed by atoms with Crippen molar-refractivity contribution in [1.82, 2.24) is 10.2 Å². The lowest BCUT2D eigenvalue weighted by Crippen LogP contribution is -2.45. The summed E-state index contributed by atoms with van der Waals surface area (Å²) in [5, 5.41) is 19.5. The van der Waals surface area contributed by atoms with Crippen molar-refractivity contribution in [2.45, 2.75) is 59.2 Å². The minimum absolute atomic E-state index is 0.0158. The van der Waals surface area contributed by atoms with Gasteiger partial charge in [0.05, 0.1) is 0 Å². The number of hydrogen-bond acceptors (Lipinski definition) is 4. The number of hydrogen-bond donors (Lipinski definition) is 4. The van der Waals surface area contributed by atoms with Crippen LogP contribution in [0.15, 0.2) is 23.3 Å². The molecular weight excluding hydrogens is 437 g/mol. The molecule has 1 rings (SSSR count). The van der Waals surface area contributed by atoms with Gasteiger partial charge in [0.15, 0.2) is 17.3 Å². The third-order valence-corrected chi connectivity index (χ3v) is 5.32. The zero-order valence-electron chi connectivity index (χ0n) is 19.7. The second kappa shape index (κ2) is 11.8. The number of nitrogens with zero attached hydrogens (tertiary/aromatic N) is 1. The predicted molar refractivity (Wildman–Crippen MR) is 121 cm³/mol. The van der Waals surface area contributed by atoms with Crippen LogP contribution in [0.1, 0.15) is 45.2 Å². The molecule has 184 valence electrons. The molecule has 33 heavy (non-hydrogen) atoms. The van der Waals surface area contributed by atoms with Crippen molar-refractivity contribution in [1.29, 1.82) is 5.41 Å². The number of halogens is 3. The topological polar surface area (TPSA) is 120 Å². The molecule has 1 amide bonds. The SMILES string of the molecule is C/C(CN(CCNC(=N)C(C)(C)F)C(=O)C[C@H](N)Cc1cc(F)c(F)cc1C)=C(\C)C(=O)O. The van der Waals surface area contributed by atoms with Crippen LogP contribution in [-0.2, 0) is 16.0 Å². The largest absolute Gasteiger partial charge is 0.478 e. The van der Waals surface area contributed by atoms with Gasteiger partial charge in [0.1, 0.15) is 5.84 Å². The zero-order chi connectivity index (χ0) is 25.5. The first-order valence-corrected chi connectivity index (χ1v) is 10.5. The van der Waals surface area contributed by atoms with Gasteiger partial charge in [-0.05, 0) is 69.9 Å². The highest BCUT2D eigenvalue weighted by Gasteiger charge is 2.24. The van der Waals surface area contributed by atoms with E-state index in [1.54, 1.807) is 13.8 Å². The van der Waals surface area contributed by atoms with Crippen LogP contribution in [0, 0.1) is 24.0 Å². The fourth-order valence-corrected chi connectivity index (χ4v) is 3.02. The van der Waals surface area contributed by atoms with Gasteiger partial charge in [-0.1, -0.05) is 0 Å². The van der Waals surface area contributed by atoms with Crippen LogP contribution < -0.4 is 11.1 Å². The summed E-state index contributed by atoms with van der Waals surface area (Å²) >= 11 is 0. The molecule has 1 atom stereocenters. The van der Waals surface area contributed by atoms with Crippen LogP contribution >= 0.6 is 0 Å². The third-order valence-electron chi connectivity index (χ3n) is 5.32. The number of aliphatic carboxylic acids is 1. The van der Waals surface area contributed by atoms with E-state index in [0.29, 0.717) is 16.7 Å². The molecule has 10 heteroatoms. The van der Waals surface area contributed by atoms with E-state index in [9.17, 15) is 27.9 Å². The van der Waals surface area contributed by atoms with Crippen LogP contribution in [0.3, 0.4) is 0 Å². The Morgan fingerprint density at radius 1 is 1.24 bits per heavy atom. The second-order valence-corrected chi connectivity index (χ2v) is 8.66. The van der Waals surface area contributed by atoms with Gasteiger partial charge in [-0.15, -0.1) is 0 Å². The molecule has 0 aliphatic rings. The van der Waals surface area contributed by atoms with E-state index in [2.05, 4.69) is 5.32 Å². The summed E-state index contributed by atoms with van der Waals surface area (Å²) in [5.41, 5.74) is 5.80. The Morgan fingerprint density at radius 2 is 1.82 bits per heavy atom. The molecule has 5 N–H and O–H groups in total. The van der Waals surface area contributed by atoms with E-state index in [4.69, 9.17) is 11.1 Å². The molecule has 1 aromatic carbocycles. The zero-order valence-corrected chi connectivity index (χ0v) is 19.7. The smallest absolute Gasteiger partial charge is 0.331 e. The molecule has 0 bridgehead atoms. The van der Waals surface area contributed by atoms with Crippen LogP contribution in [0.4, 0.5) is 13.2 Å². The molecule has 0 saturated heterocycles. The number of nitrogens with two attached hydrogens (primary N) is 1. The molecule has 0 aromatic heterocycles. The predicted octanol–water partition coefficient (Wildman–Crippen LogP) is 3.10. The summed E-state index contributed by atoms with van der Waals surface area (Å²) in [6, 6.07) is 1.44. The molecule has 7 nitrogen and oxygen atoms in total. The van der Waals surface area contributed by atoms with Gasteiger partial charge in [-0.3, -0.25) is 10.2 Å². The maximum absolute atomic E-state index is 13.8. The van der Waals surface area contributed by atoms with Gasteiger partial charge >= 0.3 is 5.97 Å². The number of carbonyl (C=O) groups excluding carboxylic acids is 1. The minimum Gasteiger partial charge on any atom is -0.478 e. The highest BCUT2D eigenvalue weighted by atomic mass is 19.2. The Morgan fingerprint density at radius 3 is 2.36 bits per heavy atom. The van der Waals surface area contributed by atoms with Crippen LogP contribution in [0.5, 0.6) is 0 Å². The average Bonchev–Trinajstić information content (AvgIpc) is 2.69. The molecule has 0 aliphatic carbocycles. The number of carboxylic acid groups (broad SMARTS) is 1. The van der Waals surface area contributed by atoms with Crippen molar-refractivity contribution in [3.8, 4) is 0 Å². The van der Waals surface area contributed by atoms with E-state index >= 15 is 0 Å². The molecule has 0 unspecified atom stereocenters.